The Bertz CT molecular complexity index is 1130. The third-order valence-electron chi connectivity index (χ3n) is 5.41. The van der Waals surface area contributed by atoms with Gasteiger partial charge in [0, 0.05) is 23.0 Å². The standard InChI is InChI=1S/C23H18F4N2O3/c24-18-5-7-19(8-6-18)29-21(31)22(12-32-13-22)16-3-1-14(2-4-16)20-15(11-30)9-17(10-28-20)23(25,26)27/h1-10,30H,11-13H2,(H,29,31). The maximum Gasteiger partial charge on any atom is 0.417 e. The fourth-order valence-electron chi connectivity index (χ4n) is 3.51. The summed E-state index contributed by atoms with van der Waals surface area (Å²) in [6, 6.07) is 12.9. The summed E-state index contributed by atoms with van der Waals surface area (Å²) in [4.78, 5) is 16.8. The van der Waals surface area contributed by atoms with E-state index in [1.165, 1.54) is 24.3 Å². The van der Waals surface area contributed by atoms with Gasteiger partial charge in [0.1, 0.15) is 11.2 Å². The zero-order valence-electron chi connectivity index (χ0n) is 16.6. The number of alkyl halides is 3. The second kappa shape index (κ2) is 8.33. The molecule has 0 unspecified atom stereocenters. The van der Waals surface area contributed by atoms with Gasteiger partial charge in [-0.05, 0) is 35.9 Å². The van der Waals surface area contributed by atoms with Crippen molar-refractivity contribution in [1.29, 1.82) is 0 Å². The number of amides is 1. The molecule has 2 heterocycles. The van der Waals surface area contributed by atoms with Crippen LogP contribution in [0.25, 0.3) is 11.3 Å². The Morgan fingerprint density at radius 2 is 1.75 bits per heavy atom. The molecule has 0 atom stereocenters. The van der Waals surface area contributed by atoms with Crippen LogP contribution in [0.1, 0.15) is 16.7 Å². The van der Waals surface area contributed by atoms with Crippen LogP contribution in [0.5, 0.6) is 0 Å². The number of anilines is 1. The smallest absolute Gasteiger partial charge is 0.392 e. The van der Waals surface area contributed by atoms with Crippen molar-refractivity contribution in [2.75, 3.05) is 18.5 Å². The summed E-state index contributed by atoms with van der Waals surface area (Å²) < 4.78 is 57.2. The molecule has 1 aliphatic rings. The minimum Gasteiger partial charge on any atom is -0.392 e. The van der Waals surface area contributed by atoms with Crippen LogP contribution in [-0.4, -0.2) is 29.2 Å². The van der Waals surface area contributed by atoms with Gasteiger partial charge in [0.2, 0.25) is 5.91 Å². The average Bonchev–Trinajstić information content (AvgIpc) is 2.74. The summed E-state index contributed by atoms with van der Waals surface area (Å²) in [7, 11) is 0. The van der Waals surface area contributed by atoms with Crippen molar-refractivity contribution in [3.8, 4) is 11.3 Å². The SMILES string of the molecule is O=C(Nc1ccc(F)cc1)C1(c2ccc(-c3ncc(C(F)(F)F)cc3CO)cc2)COC1. The van der Waals surface area contributed by atoms with E-state index < -0.39 is 29.6 Å². The first-order valence-corrected chi connectivity index (χ1v) is 9.65. The van der Waals surface area contributed by atoms with Crippen molar-refractivity contribution in [3.05, 3.63) is 83.3 Å². The quantitative estimate of drug-likeness (QED) is 0.574. The highest BCUT2D eigenvalue weighted by molar-refractivity contribution is 6.00. The highest BCUT2D eigenvalue weighted by atomic mass is 19.4. The number of hydrogen-bond donors (Lipinski definition) is 2. The molecular weight excluding hydrogens is 428 g/mol. The van der Waals surface area contributed by atoms with Gasteiger partial charge in [0.25, 0.3) is 0 Å². The number of pyridine rings is 1. The first kappa shape index (κ1) is 21.9. The number of aliphatic hydroxyl groups is 1. The maximum atomic E-state index is 13.1. The molecule has 0 spiro atoms. The second-order valence-electron chi connectivity index (χ2n) is 7.50. The molecular formula is C23H18F4N2O3. The van der Waals surface area contributed by atoms with Crippen LogP contribution < -0.4 is 5.32 Å². The fraction of sp³-hybridized carbons (Fsp3) is 0.217. The van der Waals surface area contributed by atoms with E-state index in [-0.39, 0.29) is 30.4 Å². The van der Waals surface area contributed by atoms with E-state index in [4.69, 9.17) is 4.74 Å². The molecule has 166 valence electrons. The number of carbonyl (C=O) groups is 1. The number of aromatic nitrogens is 1. The summed E-state index contributed by atoms with van der Waals surface area (Å²) in [6.45, 7) is -0.300. The van der Waals surface area contributed by atoms with E-state index in [1.54, 1.807) is 24.3 Å². The number of carbonyl (C=O) groups excluding carboxylic acids is 1. The molecule has 32 heavy (non-hydrogen) atoms. The lowest BCUT2D eigenvalue weighted by Crippen LogP contribution is -2.55. The molecule has 0 aliphatic carbocycles. The number of benzene rings is 2. The molecule has 1 saturated heterocycles. The van der Waals surface area contributed by atoms with E-state index >= 15 is 0 Å². The van der Waals surface area contributed by atoms with Gasteiger partial charge >= 0.3 is 6.18 Å². The van der Waals surface area contributed by atoms with Gasteiger partial charge in [-0.25, -0.2) is 4.39 Å². The van der Waals surface area contributed by atoms with Crippen molar-refractivity contribution in [2.24, 2.45) is 0 Å². The Morgan fingerprint density at radius 3 is 2.28 bits per heavy atom. The number of rotatable bonds is 5. The van der Waals surface area contributed by atoms with Crippen molar-refractivity contribution < 1.29 is 32.2 Å². The molecule has 3 aromatic rings. The van der Waals surface area contributed by atoms with E-state index in [0.717, 1.165) is 12.3 Å². The summed E-state index contributed by atoms with van der Waals surface area (Å²) in [6.07, 6.45) is -3.84. The Labute approximate surface area is 180 Å². The summed E-state index contributed by atoms with van der Waals surface area (Å²) >= 11 is 0. The molecule has 0 bridgehead atoms. The van der Waals surface area contributed by atoms with Gasteiger partial charge in [0.15, 0.2) is 0 Å². The number of nitrogens with one attached hydrogen (secondary N) is 1. The number of halogens is 4. The van der Waals surface area contributed by atoms with E-state index in [1.807, 2.05) is 0 Å². The van der Waals surface area contributed by atoms with Crippen molar-refractivity contribution in [1.82, 2.24) is 4.98 Å². The topological polar surface area (TPSA) is 71.5 Å². The Hall–Kier alpha value is -3.30. The van der Waals surface area contributed by atoms with Crippen LogP contribution >= 0.6 is 0 Å². The predicted octanol–water partition coefficient (Wildman–Crippen LogP) is 4.31. The number of hydrogen-bond acceptors (Lipinski definition) is 4. The lowest BCUT2D eigenvalue weighted by molar-refractivity contribution is -0.139. The van der Waals surface area contributed by atoms with Gasteiger partial charge in [-0.15, -0.1) is 0 Å². The Morgan fingerprint density at radius 1 is 1.09 bits per heavy atom. The molecule has 4 rings (SSSR count). The largest absolute Gasteiger partial charge is 0.417 e. The van der Waals surface area contributed by atoms with Crippen LogP contribution in [0.15, 0.2) is 60.8 Å². The summed E-state index contributed by atoms with van der Waals surface area (Å²) in [5.41, 5.74) is -0.0124. The van der Waals surface area contributed by atoms with Crippen LogP contribution in [0, 0.1) is 5.82 Å². The summed E-state index contributed by atoms with van der Waals surface area (Å²) in [5.74, 6) is -0.730. The van der Waals surface area contributed by atoms with Crippen molar-refractivity contribution in [2.45, 2.75) is 18.2 Å². The van der Waals surface area contributed by atoms with Gasteiger partial charge < -0.3 is 15.2 Å². The fourth-order valence-corrected chi connectivity index (χ4v) is 3.51. The van der Waals surface area contributed by atoms with Crippen LogP contribution in [0.4, 0.5) is 23.2 Å². The zero-order valence-corrected chi connectivity index (χ0v) is 16.6. The molecule has 1 aromatic heterocycles. The van der Waals surface area contributed by atoms with Crippen LogP contribution in [0.2, 0.25) is 0 Å². The predicted molar refractivity (Wildman–Crippen MR) is 108 cm³/mol. The van der Waals surface area contributed by atoms with Gasteiger partial charge in [-0.3, -0.25) is 9.78 Å². The molecule has 0 radical (unpaired) electrons. The second-order valence-corrected chi connectivity index (χ2v) is 7.50. The third-order valence-corrected chi connectivity index (χ3v) is 5.41. The molecule has 5 nitrogen and oxygen atoms in total. The highest BCUT2D eigenvalue weighted by Crippen LogP contribution is 2.36. The van der Waals surface area contributed by atoms with Gasteiger partial charge in [0.05, 0.1) is 31.1 Å². The minimum absolute atomic E-state index is 0.0447. The molecule has 1 fully saturated rings. The number of ether oxygens (including phenoxy) is 1. The number of nitrogens with zero attached hydrogens (tertiary/aromatic N) is 1. The average molecular weight is 446 g/mol. The summed E-state index contributed by atoms with van der Waals surface area (Å²) in [5, 5.41) is 12.3. The van der Waals surface area contributed by atoms with Gasteiger partial charge in [-0.1, -0.05) is 24.3 Å². The lowest BCUT2D eigenvalue weighted by Gasteiger charge is -2.40. The van der Waals surface area contributed by atoms with Crippen molar-refractivity contribution >= 4 is 11.6 Å². The molecule has 0 saturated carbocycles. The third kappa shape index (κ3) is 4.09. The number of aliphatic hydroxyl groups excluding tert-OH is 1. The van der Waals surface area contributed by atoms with Crippen LogP contribution in [0.3, 0.4) is 0 Å². The maximum absolute atomic E-state index is 13.1. The van der Waals surface area contributed by atoms with E-state index in [9.17, 15) is 27.5 Å². The lowest BCUT2D eigenvalue weighted by atomic mass is 9.77. The zero-order chi connectivity index (χ0) is 22.9. The Kier molecular flexibility index (Phi) is 5.70. The first-order valence-electron chi connectivity index (χ1n) is 9.65. The first-order chi connectivity index (χ1) is 15.2. The molecule has 1 amide bonds. The van der Waals surface area contributed by atoms with Crippen LogP contribution in [-0.2, 0) is 27.7 Å². The Balaban J connectivity index is 1.60. The molecule has 9 heteroatoms. The van der Waals surface area contributed by atoms with E-state index in [0.29, 0.717) is 16.8 Å². The van der Waals surface area contributed by atoms with Gasteiger partial charge in [-0.2, -0.15) is 13.2 Å². The molecule has 2 N–H and O–H groups in total. The highest BCUT2D eigenvalue weighted by Gasteiger charge is 2.47. The van der Waals surface area contributed by atoms with E-state index in [2.05, 4.69) is 10.3 Å². The minimum atomic E-state index is -4.56. The molecule has 1 aliphatic heterocycles. The molecule has 2 aromatic carbocycles. The van der Waals surface area contributed by atoms with Crippen molar-refractivity contribution in [3.63, 3.8) is 0 Å². The monoisotopic (exact) mass is 446 g/mol. The normalized spacial score (nSPS) is 15.2.